The minimum Gasteiger partial charge on any atom is -0.429 e. The molecule has 1 radical (unpaired) electrons. The molecule has 0 unspecified atom stereocenters. The second-order valence-corrected chi connectivity index (χ2v) is 2.72. The monoisotopic (exact) mass is 215 g/mol. The Hall–Kier alpha value is -0.545. The van der Waals surface area contributed by atoms with Crippen molar-refractivity contribution in [2.75, 3.05) is 12.5 Å². The Balaban J connectivity index is 0.000000500. The van der Waals surface area contributed by atoms with Crippen molar-refractivity contribution in [1.29, 1.82) is 0 Å². The minimum atomic E-state index is 0. The van der Waals surface area contributed by atoms with E-state index in [4.69, 9.17) is 26.4 Å². The second kappa shape index (κ2) is 10.5. The number of hydrogen-bond donors (Lipinski definition) is 2. The molecular formula is C9H13BClO3. The SMILES string of the molecule is ClCCOCc1ccccc1.O[B]O. The van der Waals surface area contributed by atoms with E-state index in [1.54, 1.807) is 0 Å². The van der Waals surface area contributed by atoms with Crippen LogP contribution in [0.4, 0.5) is 0 Å². The van der Waals surface area contributed by atoms with Crippen LogP contribution >= 0.6 is 11.6 Å². The molecule has 0 bridgehead atoms. The van der Waals surface area contributed by atoms with Crippen LogP contribution in [-0.2, 0) is 11.3 Å². The Morgan fingerprint density at radius 3 is 2.29 bits per heavy atom. The first-order valence-electron chi connectivity index (χ1n) is 4.13. The fraction of sp³-hybridized carbons (Fsp3) is 0.333. The molecule has 0 spiro atoms. The number of halogens is 1. The third kappa shape index (κ3) is 8.07. The van der Waals surface area contributed by atoms with Gasteiger partial charge >= 0.3 is 7.69 Å². The third-order valence-corrected chi connectivity index (χ3v) is 1.49. The Morgan fingerprint density at radius 1 is 1.21 bits per heavy atom. The van der Waals surface area contributed by atoms with Gasteiger partial charge in [-0.2, -0.15) is 0 Å². The molecule has 1 rings (SSSR count). The molecule has 5 heteroatoms. The van der Waals surface area contributed by atoms with Crippen molar-refractivity contribution in [3.63, 3.8) is 0 Å². The van der Waals surface area contributed by atoms with E-state index in [9.17, 15) is 0 Å². The predicted molar refractivity (Wildman–Crippen MR) is 57.0 cm³/mol. The topological polar surface area (TPSA) is 49.7 Å². The summed E-state index contributed by atoms with van der Waals surface area (Å²) in [5.74, 6) is 0.562. The highest BCUT2D eigenvalue weighted by molar-refractivity contribution is 6.17. The van der Waals surface area contributed by atoms with Crippen molar-refractivity contribution in [3.8, 4) is 0 Å². The average molecular weight is 215 g/mol. The van der Waals surface area contributed by atoms with E-state index < -0.39 is 0 Å². The third-order valence-electron chi connectivity index (χ3n) is 1.33. The lowest BCUT2D eigenvalue weighted by Gasteiger charge is -2.00. The van der Waals surface area contributed by atoms with Gasteiger partial charge in [-0.3, -0.25) is 0 Å². The number of ether oxygens (including phenoxy) is 1. The molecule has 0 heterocycles. The summed E-state index contributed by atoms with van der Waals surface area (Å²) in [6.07, 6.45) is 0. The first kappa shape index (κ1) is 13.5. The summed E-state index contributed by atoms with van der Waals surface area (Å²) in [4.78, 5) is 0. The second-order valence-electron chi connectivity index (χ2n) is 2.34. The van der Waals surface area contributed by atoms with Crippen LogP contribution < -0.4 is 0 Å². The number of rotatable bonds is 4. The summed E-state index contributed by atoms with van der Waals surface area (Å²) >= 11 is 5.44. The molecule has 0 amide bonds. The fourth-order valence-electron chi connectivity index (χ4n) is 0.819. The van der Waals surface area contributed by atoms with E-state index in [0.29, 0.717) is 19.1 Å². The summed E-state index contributed by atoms with van der Waals surface area (Å²) in [6, 6.07) is 10.1. The highest BCUT2D eigenvalue weighted by atomic mass is 35.5. The van der Waals surface area contributed by atoms with E-state index in [2.05, 4.69) is 0 Å². The van der Waals surface area contributed by atoms with E-state index in [0.717, 1.165) is 0 Å². The molecule has 0 aliphatic heterocycles. The van der Waals surface area contributed by atoms with Gasteiger partial charge in [0, 0.05) is 5.88 Å². The molecule has 1 aromatic carbocycles. The van der Waals surface area contributed by atoms with Crippen LogP contribution in [-0.4, -0.2) is 30.2 Å². The highest BCUT2D eigenvalue weighted by Crippen LogP contribution is 1.99. The van der Waals surface area contributed by atoms with Crippen molar-refractivity contribution in [2.45, 2.75) is 6.61 Å². The Kier molecular flexibility index (Phi) is 10.1. The number of benzene rings is 1. The van der Waals surface area contributed by atoms with Gasteiger partial charge in [-0.25, -0.2) is 0 Å². The van der Waals surface area contributed by atoms with Gasteiger partial charge in [0.05, 0.1) is 13.2 Å². The van der Waals surface area contributed by atoms with Crippen molar-refractivity contribution in [1.82, 2.24) is 0 Å². The smallest absolute Gasteiger partial charge is 0.429 e. The molecule has 0 atom stereocenters. The summed E-state index contributed by atoms with van der Waals surface area (Å²) in [5, 5.41) is 14.0. The first-order chi connectivity index (χ1) is 6.85. The van der Waals surface area contributed by atoms with Crippen LogP contribution in [0.15, 0.2) is 30.3 Å². The van der Waals surface area contributed by atoms with Crippen LogP contribution in [0, 0.1) is 0 Å². The van der Waals surface area contributed by atoms with Crippen molar-refractivity contribution < 1.29 is 14.8 Å². The van der Waals surface area contributed by atoms with Crippen molar-refractivity contribution in [3.05, 3.63) is 35.9 Å². The molecule has 0 fully saturated rings. The van der Waals surface area contributed by atoms with Gasteiger partial charge in [-0.15, -0.1) is 11.6 Å². The first-order valence-corrected chi connectivity index (χ1v) is 4.66. The van der Waals surface area contributed by atoms with Gasteiger partial charge in [0.25, 0.3) is 0 Å². The maximum Gasteiger partial charge on any atom is 0.482 e. The molecule has 77 valence electrons. The van der Waals surface area contributed by atoms with Gasteiger partial charge in [0.15, 0.2) is 0 Å². The van der Waals surface area contributed by atoms with E-state index in [-0.39, 0.29) is 7.69 Å². The molecule has 0 saturated carbocycles. The summed E-state index contributed by atoms with van der Waals surface area (Å²) < 4.78 is 5.24. The lowest BCUT2D eigenvalue weighted by molar-refractivity contribution is 0.136. The van der Waals surface area contributed by atoms with Crippen LogP contribution in [0.25, 0.3) is 0 Å². The van der Waals surface area contributed by atoms with Gasteiger partial charge in [0.2, 0.25) is 0 Å². The molecular weight excluding hydrogens is 202 g/mol. The van der Waals surface area contributed by atoms with E-state index in [1.165, 1.54) is 5.56 Å². The largest absolute Gasteiger partial charge is 0.482 e. The Labute approximate surface area is 89.6 Å². The molecule has 3 nitrogen and oxygen atoms in total. The summed E-state index contributed by atoms with van der Waals surface area (Å²) in [7, 11) is 0. The van der Waals surface area contributed by atoms with Crippen molar-refractivity contribution >= 4 is 19.3 Å². The molecule has 0 aromatic heterocycles. The van der Waals surface area contributed by atoms with Gasteiger partial charge in [-0.05, 0) is 5.56 Å². The molecule has 0 aliphatic carbocycles. The molecule has 0 aliphatic rings. The molecule has 2 N–H and O–H groups in total. The molecule has 1 aromatic rings. The summed E-state index contributed by atoms with van der Waals surface area (Å²) in [5.41, 5.74) is 1.19. The lowest BCUT2D eigenvalue weighted by atomic mass is 10.2. The maximum atomic E-state index is 7.00. The normalized spacial score (nSPS) is 8.79. The molecule has 0 saturated heterocycles. The maximum absolute atomic E-state index is 7.00. The average Bonchev–Trinajstić information content (AvgIpc) is 2.21. The fourth-order valence-corrected chi connectivity index (χ4v) is 0.928. The lowest BCUT2D eigenvalue weighted by Crippen LogP contribution is -1.95. The standard InChI is InChI=1S/C9H11ClO.BH2O2/c10-6-7-11-8-9-4-2-1-3-5-9;2-1-3/h1-5H,6-8H2;2-3H. The van der Waals surface area contributed by atoms with Crippen LogP contribution in [0.3, 0.4) is 0 Å². The van der Waals surface area contributed by atoms with Gasteiger partial charge < -0.3 is 14.8 Å². The van der Waals surface area contributed by atoms with E-state index in [1.807, 2.05) is 30.3 Å². The van der Waals surface area contributed by atoms with E-state index >= 15 is 0 Å². The van der Waals surface area contributed by atoms with Gasteiger partial charge in [0.1, 0.15) is 0 Å². The van der Waals surface area contributed by atoms with Crippen LogP contribution in [0.1, 0.15) is 5.56 Å². The minimum absolute atomic E-state index is 0. The molecule has 14 heavy (non-hydrogen) atoms. The number of alkyl halides is 1. The highest BCUT2D eigenvalue weighted by Gasteiger charge is 1.89. The van der Waals surface area contributed by atoms with Gasteiger partial charge in [-0.1, -0.05) is 30.3 Å². The Morgan fingerprint density at radius 2 is 1.79 bits per heavy atom. The zero-order valence-electron chi connectivity index (χ0n) is 7.77. The van der Waals surface area contributed by atoms with Crippen molar-refractivity contribution in [2.24, 2.45) is 0 Å². The number of hydrogen-bond acceptors (Lipinski definition) is 3. The Bertz CT molecular complexity index is 208. The van der Waals surface area contributed by atoms with Crippen LogP contribution in [0.5, 0.6) is 0 Å². The predicted octanol–water partition coefficient (Wildman–Crippen LogP) is 0.947. The van der Waals surface area contributed by atoms with Crippen LogP contribution in [0.2, 0.25) is 0 Å². The zero-order chi connectivity index (χ0) is 10.6. The summed E-state index contributed by atoms with van der Waals surface area (Å²) in [6.45, 7) is 1.28. The zero-order valence-corrected chi connectivity index (χ0v) is 8.52. The quantitative estimate of drug-likeness (QED) is 0.447.